The molecule has 0 radical (unpaired) electrons. The molecule has 1 heterocycles. The standard InChI is InChI=1S/C19H22N2O4S/c1-4-14(5-2)21-18(24)16(12-17(22)23)20(19(21)26)11-10-13-6-8-15(25-3)9-7-13/h4-9,24H,1,10-12H2,2-3H3,(H,22,23). The lowest BCUT2D eigenvalue weighted by Crippen LogP contribution is -2.10. The van der Waals surface area contributed by atoms with Crippen LogP contribution in [0.2, 0.25) is 0 Å². The van der Waals surface area contributed by atoms with Crippen molar-refractivity contribution in [1.82, 2.24) is 9.13 Å². The monoisotopic (exact) mass is 374 g/mol. The van der Waals surface area contributed by atoms with Gasteiger partial charge in [-0.1, -0.05) is 24.8 Å². The average molecular weight is 374 g/mol. The molecule has 0 bridgehead atoms. The molecular weight excluding hydrogens is 352 g/mol. The first-order chi connectivity index (χ1) is 12.4. The minimum atomic E-state index is -1.04. The number of hydrogen-bond acceptors (Lipinski definition) is 4. The zero-order valence-corrected chi connectivity index (χ0v) is 15.6. The number of nitrogens with zero attached hydrogens (tertiary/aromatic N) is 2. The molecule has 6 nitrogen and oxygen atoms in total. The molecule has 1 aromatic heterocycles. The highest BCUT2D eigenvalue weighted by Crippen LogP contribution is 2.26. The van der Waals surface area contributed by atoms with Crippen LogP contribution in [-0.2, 0) is 24.2 Å². The maximum atomic E-state index is 11.2. The number of aliphatic carboxylic acids is 1. The Hall–Kier alpha value is -2.80. The Labute approximate surface area is 157 Å². The summed E-state index contributed by atoms with van der Waals surface area (Å²) in [6.07, 6.45) is 3.63. The summed E-state index contributed by atoms with van der Waals surface area (Å²) in [7, 11) is 1.61. The topological polar surface area (TPSA) is 76.6 Å². The Balaban J connectivity index is 2.41. The van der Waals surface area contributed by atoms with E-state index in [2.05, 4.69) is 6.58 Å². The fourth-order valence-corrected chi connectivity index (χ4v) is 3.12. The van der Waals surface area contributed by atoms with Crippen molar-refractivity contribution in [2.45, 2.75) is 26.3 Å². The summed E-state index contributed by atoms with van der Waals surface area (Å²) in [5.41, 5.74) is 1.93. The average Bonchev–Trinajstić information content (AvgIpc) is 2.85. The Morgan fingerprint density at radius 3 is 2.50 bits per heavy atom. The van der Waals surface area contributed by atoms with E-state index in [0.29, 0.717) is 23.4 Å². The summed E-state index contributed by atoms with van der Waals surface area (Å²) in [4.78, 5) is 11.2. The fraction of sp³-hybridized carbons (Fsp3) is 0.263. The number of ether oxygens (including phenoxy) is 1. The smallest absolute Gasteiger partial charge is 0.309 e. The van der Waals surface area contributed by atoms with Crippen molar-refractivity contribution in [2.75, 3.05) is 7.11 Å². The molecule has 0 spiro atoms. The molecule has 0 aliphatic heterocycles. The Morgan fingerprint density at radius 2 is 2.00 bits per heavy atom. The highest BCUT2D eigenvalue weighted by Gasteiger charge is 2.20. The van der Waals surface area contributed by atoms with Crippen molar-refractivity contribution >= 4 is 23.9 Å². The Bertz CT molecular complexity index is 891. The van der Waals surface area contributed by atoms with Crippen molar-refractivity contribution < 1.29 is 19.7 Å². The van der Waals surface area contributed by atoms with Crippen LogP contribution in [0.4, 0.5) is 0 Å². The van der Waals surface area contributed by atoms with Gasteiger partial charge in [-0.3, -0.25) is 9.36 Å². The predicted molar refractivity (Wildman–Crippen MR) is 103 cm³/mol. The molecule has 0 saturated carbocycles. The highest BCUT2D eigenvalue weighted by atomic mass is 32.1. The van der Waals surface area contributed by atoms with Crippen LogP contribution in [0.3, 0.4) is 0 Å². The largest absolute Gasteiger partial charge is 0.497 e. The number of allylic oxidation sites excluding steroid dienone is 3. The predicted octanol–water partition coefficient (Wildman–Crippen LogP) is 3.65. The number of carbonyl (C=O) groups is 1. The normalized spacial score (nSPS) is 11.4. The maximum Gasteiger partial charge on any atom is 0.309 e. The van der Waals surface area contributed by atoms with Gasteiger partial charge in [0.1, 0.15) is 5.75 Å². The van der Waals surface area contributed by atoms with Gasteiger partial charge in [0.15, 0.2) is 4.77 Å². The number of aromatic hydroxyl groups is 1. The third-order valence-corrected chi connectivity index (χ3v) is 4.49. The number of methoxy groups -OCH3 is 1. The van der Waals surface area contributed by atoms with Crippen LogP contribution in [0.1, 0.15) is 18.2 Å². The zero-order chi connectivity index (χ0) is 19.3. The third-order valence-electron chi connectivity index (χ3n) is 4.08. The second kappa shape index (κ2) is 8.53. The summed E-state index contributed by atoms with van der Waals surface area (Å²) in [6, 6.07) is 7.62. The van der Waals surface area contributed by atoms with Crippen LogP contribution in [-0.4, -0.2) is 32.4 Å². The quantitative estimate of drug-likeness (QED) is 0.545. The van der Waals surface area contributed by atoms with Gasteiger partial charge in [-0.05, 0) is 49.3 Å². The van der Waals surface area contributed by atoms with Gasteiger partial charge in [-0.15, -0.1) is 0 Å². The molecule has 7 heteroatoms. The fourth-order valence-electron chi connectivity index (χ4n) is 2.73. The molecular formula is C19H22N2O4S. The van der Waals surface area contributed by atoms with Crippen LogP contribution >= 0.6 is 12.2 Å². The number of benzene rings is 1. The third kappa shape index (κ3) is 4.05. The van der Waals surface area contributed by atoms with E-state index in [9.17, 15) is 15.0 Å². The molecule has 0 unspecified atom stereocenters. The number of carboxylic acids is 1. The van der Waals surface area contributed by atoms with Gasteiger partial charge in [-0.2, -0.15) is 0 Å². The molecule has 1 aromatic carbocycles. The Kier molecular flexibility index (Phi) is 6.41. The van der Waals surface area contributed by atoms with Gasteiger partial charge in [0, 0.05) is 12.2 Å². The van der Waals surface area contributed by atoms with Gasteiger partial charge < -0.3 is 19.5 Å². The number of aromatic nitrogens is 2. The summed E-state index contributed by atoms with van der Waals surface area (Å²) >= 11 is 5.48. The number of rotatable bonds is 8. The second-order valence-electron chi connectivity index (χ2n) is 5.63. The molecule has 138 valence electrons. The summed E-state index contributed by atoms with van der Waals surface area (Å²) in [6.45, 7) is 5.96. The lowest BCUT2D eigenvalue weighted by molar-refractivity contribution is -0.136. The first kappa shape index (κ1) is 19.5. The lowest BCUT2D eigenvalue weighted by atomic mass is 10.1. The lowest BCUT2D eigenvalue weighted by Gasteiger charge is -2.08. The highest BCUT2D eigenvalue weighted by molar-refractivity contribution is 7.71. The molecule has 0 fully saturated rings. The first-order valence-corrected chi connectivity index (χ1v) is 8.51. The summed E-state index contributed by atoms with van der Waals surface area (Å²) < 4.78 is 8.58. The van der Waals surface area contributed by atoms with Gasteiger partial charge in [0.05, 0.1) is 19.2 Å². The molecule has 2 N–H and O–H groups in total. The van der Waals surface area contributed by atoms with Gasteiger partial charge >= 0.3 is 5.97 Å². The van der Waals surface area contributed by atoms with Crippen molar-refractivity contribution in [3.05, 3.63) is 59.0 Å². The van der Waals surface area contributed by atoms with E-state index >= 15 is 0 Å². The van der Waals surface area contributed by atoms with E-state index in [1.807, 2.05) is 24.3 Å². The SMILES string of the molecule is C=CC(=CC)n1c(O)c(CC(=O)O)n(CCc2ccc(OC)cc2)c1=S. The number of aryl methyl sites for hydroxylation is 1. The molecule has 0 saturated heterocycles. The van der Waals surface area contributed by atoms with Crippen LogP contribution in [0.5, 0.6) is 11.6 Å². The first-order valence-electron chi connectivity index (χ1n) is 8.10. The van der Waals surface area contributed by atoms with Crippen molar-refractivity contribution in [1.29, 1.82) is 0 Å². The summed E-state index contributed by atoms with van der Waals surface area (Å²) in [5.74, 6) is -0.434. The van der Waals surface area contributed by atoms with Crippen molar-refractivity contribution in [2.24, 2.45) is 0 Å². The molecule has 26 heavy (non-hydrogen) atoms. The maximum absolute atomic E-state index is 11.2. The van der Waals surface area contributed by atoms with E-state index in [4.69, 9.17) is 17.0 Å². The van der Waals surface area contributed by atoms with E-state index in [1.54, 1.807) is 30.8 Å². The molecule has 0 aliphatic carbocycles. The number of hydrogen-bond donors (Lipinski definition) is 2. The molecule has 0 amide bonds. The Morgan fingerprint density at radius 1 is 1.35 bits per heavy atom. The summed E-state index contributed by atoms with van der Waals surface area (Å²) in [5, 5.41) is 19.7. The van der Waals surface area contributed by atoms with E-state index in [1.165, 1.54) is 4.57 Å². The van der Waals surface area contributed by atoms with Gasteiger partial charge in [-0.25, -0.2) is 0 Å². The van der Waals surface area contributed by atoms with E-state index < -0.39 is 5.97 Å². The van der Waals surface area contributed by atoms with E-state index in [-0.39, 0.29) is 18.0 Å². The van der Waals surface area contributed by atoms with Crippen molar-refractivity contribution in [3.63, 3.8) is 0 Å². The van der Waals surface area contributed by atoms with Crippen LogP contribution < -0.4 is 4.74 Å². The second-order valence-corrected chi connectivity index (χ2v) is 5.99. The molecule has 2 rings (SSSR count). The molecule has 0 aliphatic rings. The number of imidazole rings is 1. The minimum absolute atomic E-state index is 0.167. The van der Waals surface area contributed by atoms with Gasteiger partial charge in [0.2, 0.25) is 5.88 Å². The van der Waals surface area contributed by atoms with Crippen LogP contribution in [0.15, 0.2) is 43.0 Å². The molecule has 0 atom stereocenters. The van der Waals surface area contributed by atoms with E-state index in [0.717, 1.165) is 11.3 Å². The van der Waals surface area contributed by atoms with Crippen molar-refractivity contribution in [3.8, 4) is 11.6 Å². The van der Waals surface area contributed by atoms with Crippen LogP contribution in [0, 0.1) is 4.77 Å². The number of carboxylic acid groups (broad SMARTS) is 1. The minimum Gasteiger partial charge on any atom is -0.497 e. The molecule has 2 aromatic rings. The van der Waals surface area contributed by atoms with Gasteiger partial charge in [0.25, 0.3) is 0 Å². The van der Waals surface area contributed by atoms with Crippen LogP contribution in [0.25, 0.3) is 5.70 Å². The zero-order valence-electron chi connectivity index (χ0n) is 14.8.